The van der Waals surface area contributed by atoms with E-state index in [0.717, 1.165) is 0 Å². The van der Waals surface area contributed by atoms with Crippen molar-refractivity contribution in [3.63, 3.8) is 0 Å². The van der Waals surface area contributed by atoms with Crippen LogP contribution >= 0.6 is 0 Å². The van der Waals surface area contributed by atoms with Gasteiger partial charge in [0.15, 0.2) is 0 Å². The van der Waals surface area contributed by atoms with Crippen LogP contribution in [0.5, 0.6) is 0 Å². The Kier molecular flexibility index (Phi) is 8.11. The molecule has 52 valence electrons. The fourth-order valence-electron chi connectivity index (χ4n) is 0.263. The second-order valence-corrected chi connectivity index (χ2v) is 1.50. The first-order valence-corrected chi connectivity index (χ1v) is 2.20. The van der Waals surface area contributed by atoms with E-state index in [1.807, 2.05) is 0 Å². The van der Waals surface area contributed by atoms with Gasteiger partial charge in [0.05, 0.1) is 5.97 Å². The topological polar surface area (TPSA) is 106 Å². The summed E-state index contributed by atoms with van der Waals surface area (Å²) in [6.45, 7) is 0. The Morgan fingerprint density at radius 1 is 1.40 bits per heavy atom. The van der Waals surface area contributed by atoms with Crippen LogP contribution in [0.2, 0.25) is 0 Å². The summed E-state index contributed by atoms with van der Waals surface area (Å²) in [6, 6.07) is -1.46. The molecular formula is C4H5BaNO4. The molecule has 10 heavy (non-hydrogen) atoms. The van der Waals surface area contributed by atoms with E-state index in [-0.39, 0.29) is 48.9 Å². The molecule has 6 heteroatoms. The second kappa shape index (κ2) is 6.20. The van der Waals surface area contributed by atoms with Crippen LogP contribution in [0.25, 0.3) is 0 Å². The molecule has 5 nitrogen and oxygen atoms in total. The van der Waals surface area contributed by atoms with Crippen molar-refractivity contribution < 1.29 is 19.8 Å². The molecule has 0 rings (SSSR count). The van der Waals surface area contributed by atoms with E-state index in [2.05, 4.69) is 0 Å². The van der Waals surface area contributed by atoms with Gasteiger partial charge in [-0.15, -0.1) is 0 Å². The quantitative estimate of drug-likeness (QED) is 0.523. The van der Waals surface area contributed by atoms with Gasteiger partial charge >= 0.3 is 48.9 Å². The Morgan fingerprint density at radius 2 is 1.80 bits per heavy atom. The van der Waals surface area contributed by atoms with Crippen LogP contribution in [0.15, 0.2) is 0 Å². The van der Waals surface area contributed by atoms with Crippen LogP contribution in [0.4, 0.5) is 0 Å². The molecule has 0 saturated carbocycles. The molecule has 0 aromatic heterocycles. The standard InChI is InChI=1S/C4H7NO4.Ba/c5-2(4(8)9)1-3(6)7;/h2H,1,5H2,(H,6,7)(H,8,9);/q;+2/p-2/t2-;/m0./s1. The molecule has 0 aromatic carbocycles. The maximum absolute atomic E-state index is 9.71. The molecule has 0 amide bonds. The van der Waals surface area contributed by atoms with Gasteiger partial charge in [-0.1, -0.05) is 0 Å². The van der Waals surface area contributed by atoms with Crippen LogP contribution in [-0.2, 0) is 9.59 Å². The summed E-state index contributed by atoms with van der Waals surface area (Å²) in [6.07, 6.45) is -0.706. The smallest absolute Gasteiger partial charge is 0.550 e. The van der Waals surface area contributed by atoms with Crippen molar-refractivity contribution in [1.82, 2.24) is 0 Å². The van der Waals surface area contributed by atoms with E-state index >= 15 is 0 Å². The van der Waals surface area contributed by atoms with Gasteiger partial charge in [0.25, 0.3) is 0 Å². The molecule has 0 bridgehead atoms. The molecular weight excluding hydrogens is 263 g/mol. The van der Waals surface area contributed by atoms with Crippen LogP contribution in [0.3, 0.4) is 0 Å². The van der Waals surface area contributed by atoms with Crippen molar-refractivity contribution >= 4 is 60.8 Å². The zero-order chi connectivity index (χ0) is 7.44. The molecule has 0 aromatic rings. The first-order valence-electron chi connectivity index (χ1n) is 2.20. The number of hydrogen-bond acceptors (Lipinski definition) is 5. The Morgan fingerprint density at radius 3 is 1.90 bits per heavy atom. The van der Waals surface area contributed by atoms with Crippen LogP contribution < -0.4 is 15.9 Å². The minimum absolute atomic E-state index is 0. The van der Waals surface area contributed by atoms with Gasteiger partial charge < -0.3 is 25.5 Å². The summed E-state index contributed by atoms with van der Waals surface area (Å²) in [5, 5.41) is 19.3. The third kappa shape index (κ3) is 6.59. The molecule has 0 aliphatic rings. The number of rotatable bonds is 3. The number of carboxylic acids is 2. The second-order valence-electron chi connectivity index (χ2n) is 1.50. The van der Waals surface area contributed by atoms with E-state index in [1.165, 1.54) is 0 Å². The Labute approximate surface area is 97.7 Å². The molecule has 0 unspecified atom stereocenters. The first-order chi connectivity index (χ1) is 4.04. The molecule has 0 aliphatic heterocycles. The fraction of sp³-hybridized carbons (Fsp3) is 0.500. The number of carbonyl (C=O) groups excluding carboxylic acids is 2. The van der Waals surface area contributed by atoms with Crippen LogP contribution in [0.1, 0.15) is 6.42 Å². The largest absolute Gasteiger partial charge is 2.00 e. The molecule has 1 atom stereocenters. The summed E-state index contributed by atoms with van der Waals surface area (Å²) in [5.41, 5.74) is 4.73. The Balaban J connectivity index is 0. The summed E-state index contributed by atoms with van der Waals surface area (Å²) < 4.78 is 0. The number of nitrogens with two attached hydrogens (primary N) is 1. The van der Waals surface area contributed by atoms with E-state index in [9.17, 15) is 19.8 Å². The number of carboxylic acid groups (broad SMARTS) is 2. The summed E-state index contributed by atoms with van der Waals surface area (Å²) >= 11 is 0. The predicted octanol–water partition coefficient (Wildman–Crippen LogP) is -4.18. The first kappa shape index (κ1) is 13.1. The zero-order valence-corrected chi connectivity index (χ0v) is 9.64. The maximum atomic E-state index is 9.71. The Bertz CT molecular complexity index is 137. The summed E-state index contributed by atoms with van der Waals surface area (Å²) in [4.78, 5) is 19.3. The van der Waals surface area contributed by atoms with Gasteiger partial charge in [-0.05, 0) is 0 Å². The van der Waals surface area contributed by atoms with Gasteiger partial charge in [-0.3, -0.25) is 0 Å². The average molecular weight is 268 g/mol. The number of hydrogen-bond donors (Lipinski definition) is 1. The van der Waals surface area contributed by atoms with Gasteiger partial charge in [0, 0.05) is 18.4 Å². The molecule has 0 radical (unpaired) electrons. The molecule has 2 N–H and O–H groups in total. The average Bonchev–Trinajstić information content (AvgIpc) is 1.63. The van der Waals surface area contributed by atoms with E-state index in [1.54, 1.807) is 0 Å². The van der Waals surface area contributed by atoms with E-state index in [0.29, 0.717) is 0 Å². The van der Waals surface area contributed by atoms with E-state index < -0.39 is 24.4 Å². The van der Waals surface area contributed by atoms with Crippen molar-refractivity contribution in [1.29, 1.82) is 0 Å². The molecule has 0 fully saturated rings. The SMILES string of the molecule is N[C@@H](CC(=O)[O-])C(=O)[O-].[Ba+2]. The summed E-state index contributed by atoms with van der Waals surface area (Å²) in [5.74, 6) is -3.08. The van der Waals surface area contributed by atoms with Crippen LogP contribution in [0, 0.1) is 0 Å². The zero-order valence-electron chi connectivity index (χ0n) is 5.20. The van der Waals surface area contributed by atoms with Crippen molar-refractivity contribution in [3.05, 3.63) is 0 Å². The number of carbonyl (C=O) groups is 2. The number of aliphatic carboxylic acids is 2. The van der Waals surface area contributed by atoms with Gasteiger partial charge in [0.2, 0.25) is 0 Å². The molecule has 0 saturated heterocycles. The van der Waals surface area contributed by atoms with Gasteiger partial charge in [0.1, 0.15) is 0 Å². The monoisotopic (exact) mass is 269 g/mol. The molecule has 0 spiro atoms. The van der Waals surface area contributed by atoms with Gasteiger partial charge in [-0.25, -0.2) is 0 Å². The third-order valence-electron chi connectivity index (χ3n) is 0.689. The van der Waals surface area contributed by atoms with Crippen molar-refractivity contribution in [3.8, 4) is 0 Å². The third-order valence-corrected chi connectivity index (χ3v) is 0.689. The minimum Gasteiger partial charge on any atom is -0.550 e. The maximum Gasteiger partial charge on any atom is 2.00 e. The summed E-state index contributed by atoms with van der Waals surface area (Å²) in [7, 11) is 0. The minimum atomic E-state index is -1.58. The fourth-order valence-corrected chi connectivity index (χ4v) is 0.263. The Hall–Kier alpha value is 0.471. The van der Waals surface area contributed by atoms with Crippen molar-refractivity contribution in [2.24, 2.45) is 5.73 Å². The predicted molar refractivity (Wildman–Crippen MR) is 28.4 cm³/mol. The van der Waals surface area contributed by atoms with E-state index in [4.69, 9.17) is 5.73 Å². The van der Waals surface area contributed by atoms with Crippen LogP contribution in [-0.4, -0.2) is 66.9 Å². The van der Waals surface area contributed by atoms with Crippen molar-refractivity contribution in [2.45, 2.75) is 12.5 Å². The normalized spacial score (nSPS) is 11.3. The molecule has 0 heterocycles. The van der Waals surface area contributed by atoms with Crippen molar-refractivity contribution in [2.75, 3.05) is 0 Å². The molecule has 0 aliphatic carbocycles. The van der Waals surface area contributed by atoms with Gasteiger partial charge in [-0.2, -0.15) is 0 Å².